The first-order valence-electron chi connectivity index (χ1n) is 12.5. The number of fused-ring (bicyclic) bond motifs is 5. The molecule has 2 fully saturated rings. The molecule has 3 nitrogen and oxygen atoms in total. The van der Waals surface area contributed by atoms with E-state index in [0.717, 1.165) is 38.8 Å². The van der Waals surface area contributed by atoms with E-state index < -0.39 is 11.6 Å². The number of hydrogen-bond donors (Lipinski definition) is 1. The van der Waals surface area contributed by atoms with Gasteiger partial charge >= 0.3 is 0 Å². The van der Waals surface area contributed by atoms with E-state index in [2.05, 4.69) is 43.1 Å². The molecule has 1 aromatic rings. The van der Waals surface area contributed by atoms with Gasteiger partial charge in [0.05, 0.1) is 0 Å². The molecule has 4 rings (SSSR count). The maximum absolute atomic E-state index is 15.7. The largest absolute Gasteiger partial charge is 0.396 e. The monoisotopic (exact) mass is 429 g/mol. The number of carbonyl (C=O) groups is 1. The zero-order valence-electron chi connectivity index (χ0n) is 19.4. The standard InChI is InChI=1S/C27H40FNO2/c1-27-18-23(28)26-21-11-6-5-9-19(21)17-20(25(26)22(27)12-13-24(27)31)10-4-3-7-14-29(2)15-8-16-30/h5-6,9,11,20,22-23,25-26,30H,3-4,7-8,10,12-18H2,1-2H3/t20?,22-,23?,25-,26-,27-/m0/s1. The molecule has 1 N–H and O–H groups in total. The van der Waals surface area contributed by atoms with Crippen molar-refractivity contribution in [3.05, 3.63) is 35.4 Å². The van der Waals surface area contributed by atoms with Crippen LogP contribution in [0, 0.1) is 23.2 Å². The Morgan fingerprint density at radius 1 is 1.16 bits per heavy atom. The summed E-state index contributed by atoms with van der Waals surface area (Å²) in [5.74, 6) is 1.42. The Morgan fingerprint density at radius 2 is 1.94 bits per heavy atom. The van der Waals surface area contributed by atoms with Crippen molar-refractivity contribution >= 4 is 5.78 Å². The number of nitrogens with zero attached hydrogens (tertiary/aromatic N) is 1. The minimum absolute atomic E-state index is 0.0245. The highest BCUT2D eigenvalue weighted by atomic mass is 19.1. The van der Waals surface area contributed by atoms with Crippen molar-refractivity contribution in [3.8, 4) is 0 Å². The number of benzene rings is 1. The molecule has 3 aliphatic carbocycles. The van der Waals surface area contributed by atoms with Crippen LogP contribution in [0.5, 0.6) is 0 Å². The predicted octanol–water partition coefficient (Wildman–Crippen LogP) is 5.16. The van der Waals surface area contributed by atoms with E-state index in [0.29, 0.717) is 36.4 Å². The number of alkyl halides is 1. The van der Waals surface area contributed by atoms with Gasteiger partial charge in [-0.25, -0.2) is 4.39 Å². The first-order chi connectivity index (χ1) is 15.0. The second kappa shape index (κ2) is 9.70. The lowest BCUT2D eigenvalue weighted by Gasteiger charge is -2.53. The summed E-state index contributed by atoms with van der Waals surface area (Å²) in [7, 11) is 2.12. The molecule has 6 atom stereocenters. The second-order valence-electron chi connectivity index (χ2n) is 10.7. The molecule has 2 saturated carbocycles. The van der Waals surface area contributed by atoms with Crippen LogP contribution in [-0.2, 0) is 11.2 Å². The highest BCUT2D eigenvalue weighted by Gasteiger charge is 2.60. The van der Waals surface area contributed by atoms with Gasteiger partial charge in [0.25, 0.3) is 0 Å². The maximum atomic E-state index is 15.7. The van der Waals surface area contributed by atoms with Gasteiger partial charge in [0, 0.05) is 30.9 Å². The van der Waals surface area contributed by atoms with Crippen LogP contribution < -0.4 is 0 Å². The van der Waals surface area contributed by atoms with Crippen LogP contribution in [0.15, 0.2) is 24.3 Å². The lowest BCUT2D eigenvalue weighted by atomic mass is 9.51. The van der Waals surface area contributed by atoms with E-state index in [9.17, 15) is 4.79 Å². The average molecular weight is 430 g/mol. The van der Waals surface area contributed by atoms with Gasteiger partial charge in [0.1, 0.15) is 12.0 Å². The van der Waals surface area contributed by atoms with Crippen LogP contribution in [0.2, 0.25) is 0 Å². The fourth-order valence-electron chi connectivity index (χ4n) is 7.20. The fraction of sp³-hybridized carbons (Fsp3) is 0.741. The Bertz CT molecular complexity index is 767. The van der Waals surface area contributed by atoms with Gasteiger partial charge in [0.15, 0.2) is 0 Å². The van der Waals surface area contributed by atoms with Gasteiger partial charge < -0.3 is 10.0 Å². The molecule has 31 heavy (non-hydrogen) atoms. The van der Waals surface area contributed by atoms with E-state index in [-0.39, 0.29) is 12.5 Å². The Hall–Kier alpha value is -1.26. The number of halogens is 1. The highest BCUT2D eigenvalue weighted by Crippen LogP contribution is 2.62. The number of carbonyl (C=O) groups excluding carboxylic acids is 1. The SMILES string of the molecule is CN(CCCO)CCCCCC1Cc2ccccc2[C@H]2C(F)C[C@]3(C)C(=O)CC[C@H]3[C@H]12. The number of aliphatic hydroxyl groups is 1. The van der Waals surface area contributed by atoms with Crippen LogP contribution >= 0.6 is 0 Å². The van der Waals surface area contributed by atoms with Crippen molar-refractivity contribution in [1.29, 1.82) is 0 Å². The van der Waals surface area contributed by atoms with E-state index in [4.69, 9.17) is 5.11 Å². The molecule has 0 saturated heterocycles. The number of rotatable bonds is 9. The van der Waals surface area contributed by atoms with E-state index in [1.807, 2.05) is 0 Å². The average Bonchev–Trinajstić information content (AvgIpc) is 3.05. The van der Waals surface area contributed by atoms with Gasteiger partial charge in [-0.2, -0.15) is 0 Å². The van der Waals surface area contributed by atoms with Gasteiger partial charge in [-0.05, 0) is 81.0 Å². The molecule has 0 bridgehead atoms. The molecule has 0 heterocycles. The summed E-state index contributed by atoms with van der Waals surface area (Å²) in [5, 5.41) is 8.98. The van der Waals surface area contributed by atoms with Crippen LogP contribution in [0.25, 0.3) is 0 Å². The minimum Gasteiger partial charge on any atom is -0.396 e. The van der Waals surface area contributed by atoms with Crippen molar-refractivity contribution in [3.63, 3.8) is 0 Å². The topological polar surface area (TPSA) is 40.5 Å². The second-order valence-corrected chi connectivity index (χ2v) is 10.7. The lowest BCUT2D eigenvalue weighted by molar-refractivity contribution is -0.132. The number of unbranched alkanes of at least 4 members (excludes halogenated alkanes) is 2. The summed E-state index contributed by atoms with van der Waals surface area (Å²) < 4.78 is 15.7. The Morgan fingerprint density at radius 3 is 2.74 bits per heavy atom. The zero-order chi connectivity index (χ0) is 22.0. The molecule has 2 unspecified atom stereocenters. The van der Waals surface area contributed by atoms with E-state index in [1.54, 1.807) is 0 Å². The van der Waals surface area contributed by atoms with Crippen LogP contribution in [-0.4, -0.2) is 48.7 Å². The summed E-state index contributed by atoms with van der Waals surface area (Å²) >= 11 is 0. The molecular weight excluding hydrogens is 389 g/mol. The van der Waals surface area contributed by atoms with Crippen molar-refractivity contribution in [2.45, 2.75) is 76.8 Å². The van der Waals surface area contributed by atoms with Crippen molar-refractivity contribution in [2.24, 2.45) is 23.2 Å². The Labute approximate surface area is 187 Å². The fourth-order valence-corrected chi connectivity index (χ4v) is 7.20. The molecule has 3 aliphatic rings. The molecule has 1 aromatic carbocycles. The highest BCUT2D eigenvalue weighted by molar-refractivity contribution is 5.87. The van der Waals surface area contributed by atoms with Crippen LogP contribution in [0.3, 0.4) is 0 Å². The number of hydrogen-bond acceptors (Lipinski definition) is 3. The van der Waals surface area contributed by atoms with Crippen molar-refractivity contribution in [2.75, 3.05) is 26.7 Å². The third-order valence-electron chi connectivity index (χ3n) is 8.78. The lowest BCUT2D eigenvalue weighted by Crippen LogP contribution is -2.50. The molecule has 0 spiro atoms. The number of Topliss-reactive ketones (excluding diaryl/α,β-unsaturated/α-hetero) is 1. The van der Waals surface area contributed by atoms with E-state index >= 15 is 4.39 Å². The molecule has 0 aliphatic heterocycles. The minimum atomic E-state index is -0.905. The molecule has 0 aromatic heterocycles. The molecular formula is C27H40FNO2. The zero-order valence-corrected chi connectivity index (χ0v) is 19.4. The van der Waals surface area contributed by atoms with Gasteiger partial charge in [-0.15, -0.1) is 0 Å². The summed E-state index contributed by atoms with van der Waals surface area (Å²) in [6.45, 7) is 4.34. The summed E-state index contributed by atoms with van der Waals surface area (Å²) in [4.78, 5) is 15.1. The summed E-state index contributed by atoms with van der Waals surface area (Å²) in [5.41, 5.74) is 2.12. The molecule has 172 valence electrons. The Balaban J connectivity index is 1.45. The smallest absolute Gasteiger partial charge is 0.139 e. The van der Waals surface area contributed by atoms with Crippen LogP contribution in [0.4, 0.5) is 4.39 Å². The number of aliphatic hydroxyl groups excluding tert-OH is 1. The molecule has 0 amide bonds. The summed E-state index contributed by atoms with van der Waals surface area (Å²) in [6.07, 6.45) is 7.68. The maximum Gasteiger partial charge on any atom is 0.139 e. The van der Waals surface area contributed by atoms with Crippen molar-refractivity contribution < 1.29 is 14.3 Å². The quantitative estimate of drug-likeness (QED) is 0.551. The first kappa shape index (κ1) is 22.9. The third kappa shape index (κ3) is 4.48. The van der Waals surface area contributed by atoms with Crippen molar-refractivity contribution in [1.82, 2.24) is 4.90 Å². The predicted molar refractivity (Wildman–Crippen MR) is 123 cm³/mol. The summed E-state index contributed by atoms with van der Waals surface area (Å²) in [6, 6.07) is 8.51. The molecule has 4 heteroatoms. The van der Waals surface area contributed by atoms with Gasteiger partial charge in [-0.1, -0.05) is 44.0 Å². The van der Waals surface area contributed by atoms with E-state index in [1.165, 1.54) is 30.4 Å². The van der Waals surface area contributed by atoms with Gasteiger partial charge in [0.2, 0.25) is 0 Å². The first-order valence-corrected chi connectivity index (χ1v) is 12.5. The molecule has 0 radical (unpaired) electrons. The Kier molecular flexibility index (Phi) is 7.17. The van der Waals surface area contributed by atoms with Gasteiger partial charge in [-0.3, -0.25) is 4.79 Å². The third-order valence-corrected chi connectivity index (χ3v) is 8.78. The van der Waals surface area contributed by atoms with Crippen LogP contribution in [0.1, 0.15) is 75.3 Å². The normalized spacial score (nSPS) is 34.5. The number of ketones is 1.